The summed E-state index contributed by atoms with van der Waals surface area (Å²) < 4.78 is 0. The molecule has 0 N–H and O–H groups in total. The van der Waals surface area contributed by atoms with Crippen molar-refractivity contribution in [1.82, 2.24) is 0 Å². The van der Waals surface area contributed by atoms with E-state index in [4.69, 9.17) is 4.99 Å². The van der Waals surface area contributed by atoms with Crippen molar-refractivity contribution in [2.75, 3.05) is 11.9 Å². The van der Waals surface area contributed by atoms with Crippen LogP contribution >= 0.6 is 0 Å². The van der Waals surface area contributed by atoms with Crippen LogP contribution in [0.25, 0.3) is 0 Å². The lowest BCUT2D eigenvalue weighted by Gasteiger charge is -2.22. The van der Waals surface area contributed by atoms with E-state index in [0.717, 1.165) is 28.3 Å². The van der Waals surface area contributed by atoms with Crippen molar-refractivity contribution in [2.45, 2.75) is 6.92 Å². The number of amidine groups is 1. The molecular weight excluding hydrogens is 326 g/mol. The summed E-state index contributed by atoms with van der Waals surface area (Å²) in [5, 5.41) is 10.9. The van der Waals surface area contributed by atoms with Crippen LogP contribution in [0.4, 0.5) is 17.1 Å². The number of benzene rings is 3. The molecule has 0 radical (unpaired) electrons. The van der Waals surface area contributed by atoms with Crippen molar-refractivity contribution < 1.29 is 4.92 Å². The van der Waals surface area contributed by atoms with E-state index in [1.807, 2.05) is 73.5 Å². The third-order valence-corrected chi connectivity index (χ3v) is 4.07. The molecule has 3 rings (SSSR count). The van der Waals surface area contributed by atoms with Crippen LogP contribution in [0.15, 0.2) is 83.9 Å². The van der Waals surface area contributed by atoms with Gasteiger partial charge in [0.1, 0.15) is 5.84 Å². The molecule has 0 bridgehead atoms. The van der Waals surface area contributed by atoms with Gasteiger partial charge in [-0.3, -0.25) is 10.1 Å². The summed E-state index contributed by atoms with van der Waals surface area (Å²) in [7, 11) is 1.93. The van der Waals surface area contributed by atoms with E-state index in [-0.39, 0.29) is 5.69 Å². The zero-order valence-corrected chi connectivity index (χ0v) is 14.7. The van der Waals surface area contributed by atoms with Crippen LogP contribution in [-0.4, -0.2) is 17.8 Å². The van der Waals surface area contributed by atoms with Crippen molar-refractivity contribution >= 4 is 22.9 Å². The quantitative estimate of drug-likeness (QED) is 0.285. The van der Waals surface area contributed by atoms with Crippen molar-refractivity contribution in [3.8, 4) is 0 Å². The summed E-state index contributed by atoms with van der Waals surface area (Å²) in [6.07, 6.45) is 0. The molecule has 130 valence electrons. The highest BCUT2D eigenvalue weighted by molar-refractivity contribution is 6.10. The molecule has 0 spiro atoms. The van der Waals surface area contributed by atoms with Gasteiger partial charge in [-0.2, -0.15) is 0 Å². The van der Waals surface area contributed by atoms with Gasteiger partial charge in [-0.15, -0.1) is 0 Å². The van der Waals surface area contributed by atoms with E-state index in [2.05, 4.69) is 0 Å². The summed E-state index contributed by atoms with van der Waals surface area (Å²) in [4.78, 5) is 17.3. The average molecular weight is 345 g/mol. The number of non-ortho nitro benzene ring substituents is 1. The highest BCUT2D eigenvalue weighted by atomic mass is 16.6. The monoisotopic (exact) mass is 345 g/mol. The van der Waals surface area contributed by atoms with Crippen LogP contribution in [0.3, 0.4) is 0 Å². The molecule has 5 nitrogen and oxygen atoms in total. The Balaban J connectivity index is 2.06. The second-order valence-corrected chi connectivity index (χ2v) is 5.97. The fraction of sp³-hybridized carbons (Fsp3) is 0.0952. The Kier molecular flexibility index (Phi) is 5.08. The second-order valence-electron chi connectivity index (χ2n) is 5.97. The molecule has 0 saturated carbocycles. The number of rotatable bonds is 4. The molecular formula is C21H19N3O2. The first-order valence-electron chi connectivity index (χ1n) is 8.23. The Morgan fingerprint density at radius 3 is 2.12 bits per heavy atom. The molecule has 5 heteroatoms. The Bertz CT molecular complexity index is 918. The van der Waals surface area contributed by atoms with Crippen molar-refractivity contribution in [1.29, 1.82) is 0 Å². The molecule has 0 aliphatic rings. The molecule has 0 aliphatic heterocycles. The maximum absolute atomic E-state index is 10.9. The van der Waals surface area contributed by atoms with Crippen LogP contribution in [0.5, 0.6) is 0 Å². The van der Waals surface area contributed by atoms with E-state index in [0.29, 0.717) is 0 Å². The first kappa shape index (κ1) is 17.4. The van der Waals surface area contributed by atoms with Gasteiger partial charge in [-0.25, -0.2) is 4.99 Å². The summed E-state index contributed by atoms with van der Waals surface area (Å²) in [5.41, 5.74) is 3.84. The van der Waals surface area contributed by atoms with Gasteiger partial charge >= 0.3 is 0 Å². The minimum atomic E-state index is -0.401. The maximum Gasteiger partial charge on any atom is 0.269 e. The maximum atomic E-state index is 10.9. The van der Waals surface area contributed by atoms with Gasteiger partial charge in [0.15, 0.2) is 0 Å². The lowest BCUT2D eigenvalue weighted by molar-refractivity contribution is -0.384. The van der Waals surface area contributed by atoms with Crippen LogP contribution in [0, 0.1) is 17.0 Å². The summed E-state index contributed by atoms with van der Waals surface area (Å²) >= 11 is 0. The minimum absolute atomic E-state index is 0.0609. The van der Waals surface area contributed by atoms with Gasteiger partial charge in [0.05, 0.1) is 10.6 Å². The number of nitro benzene ring substituents is 1. The van der Waals surface area contributed by atoms with Gasteiger partial charge < -0.3 is 4.90 Å². The smallest absolute Gasteiger partial charge is 0.269 e. The van der Waals surface area contributed by atoms with E-state index in [1.165, 1.54) is 12.1 Å². The third kappa shape index (κ3) is 3.95. The zero-order valence-electron chi connectivity index (χ0n) is 14.7. The van der Waals surface area contributed by atoms with Crippen molar-refractivity contribution in [2.24, 2.45) is 4.99 Å². The largest absolute Gasteiger partial charge is 0.329 e. The lowest BCUT2D eigenvalue weighted by Crippen LogP contribution is -2.27. The number of para-hydroxylation sites is 1. The lowest BCUT2D eigenvalue weighted by atomic mass is 10.1. The molecule has 0 saturated heterocycles. The number of nitro groups is 1. The van der Waals surface area contributed by atoms with Gasteiger partial charge in [0.25, 0.3) is 5.69 Å². The minimum Gasteiger partial charge on any atom is -0.329 e. The molecule has 0 unspecified atom stereocenters. The topological polar surface area (TPSA) is 58.7 Å². The van der Waals surface area contributed by atoms with Crippen LogP contribution in [0.1, 0.15) is 11.1 Å². The normalized spacial score (nSPS) is 11.2. The Morgan fingerprint density at radius 1 is 0.923 bits per heavy atom. The van der Waals surface area contributed by atoms with Gasteiger partial charge in [0.2, 0.25) is 0 Å². The van der Waals surface area contributed by atoms with Crippen LogP contribution in [0.2, 0.25) is 0 Å². The van der Waals surface area contributed by atoms with Gasteiger partial charge in [-0.1, -0.05) is 35.9 Å². The first-order valence-corrected chi connectivity index (χ1v) is 8.23. The highest BCUT2D eigenvalue weighted by Gasteiger charge is 2.14. The van der Waals surface area contributed by atoms with Gasteiger partial charge in [0, 0.05) is 30.4 Å². The Morgan fingerprint density at radius 2 is 1.54 bits per heavy atom. The van der Waals surface area contributed by atoms with E-state index >= 15 is 0 Å². The molecule has 26 heavy (non-hydrogen) atoms. The van der Waals surface area contributed by atoms with Crippen LogP contribution in [-0.2, 0) is 0 Å². The predicted octanol–water partition coefficient (Wildman–Crippen LogP) is 5.12. The van der Waals surface area contributed by atoms with Crippen molar-refractivity contribution in [3.63, 3.8) is 0 Å². The molecule has 0 heterocycles. The van der Waals surface area contributed by atoms with E-state index < -0.39 is 4.92 Å². The third-order valence-electron chi connectivity index (χ3n) is 4.07. The molecule has 3 aromatic rings. The van der Waals surface area contributed by atoms with E-state index in [9.17, 15) is 10.1 Å². The summed E-state index contributed by atoms with van der Waals surface area (Å²) in [6, 6.07) is 24.3. The fourth-order valence-electron chi connectivity index (χ4n) is 2.58. The highest BCUT2D eigenvalue weighted by Crippen LogP contribution is 2.22. The number of hydrogen-bond acceptors (Lipinski definition) is 3. The second kappa shape index (κ2) is 7.61. The molecule has 0 atom stereocenters. The molecule has 0 amide bonds. The number of hydrogen-bond donors (Lipinski definition) is 0. The summed E-state index contributed by atoms with van der Waals surface area (Å²) in [5.74, 6) is 0.718. The standard InChI is InChI=1S/C21H19N3O2/c1-16-8-12-18(13-9-16)22-21(23(2)19-6-4-3-5-7-19)17-10-14-20(15-11-17)24(25)26/h3-15H,1-2H3. The number of nitrogens with zero attached hydrogens (tertiary/aromatic N) is 3. The number of aliphatic imine (C=N–C) groups is 1. The SMILES string of the molecule is Cc1ccc(N=C(c2ccc([N+](=O)[O-])cc2)N(C)c2ccccc2)cc1. The molecule has 0 fully saturated rings. The fourth-order valence-corrected chi connectivity index (χ4v) is 2.58. The predicted molar refractivity (Wildman–Crippen MR) is 105 cm³/mol. The Hall–Kier alpha value is -3.47. The number of aryl methyl sites for hydroxylation is 1. The molecule has 3 aromatic carbocycles. The van der Waals surface area contributed by atoms with Gasteiger partial charge in [-0.05, 0) is 43.3 Å². The van der Waals surface area contributed by atoms with Crippen LogP contribution < -0.4 is 4.90 Å². The average Bonchev–Trinajstić information content (AvgIpc) is 2.68. The number of anilines is 1. The summed E-state index contributed by atoms with van der Waals surface area (Å²) in [6.45, 7) is 2.03. The first-order chi connectivity index (χ1) is 12.5. The van der Waals surface area contributed by atoms with E-state index in [1.54, 1.807) is 12.1 Å². The molecule has 0 aliphatic carbocycles. The zero-order chi connectivity index (χ0) is 18.5. The Labute approximate surface area is 152 Å². The molecule has 0 aromatic heterocycles. The van der Waals surface area contributed by atoms with Crippen molar-refractivity contribution in [3.05, 3.63) is 100 Å².